The lowest BCUT2D eigenvalue weighted by atomic mass is 10.2. The Hall–Kier alpha value is -3.94. The number of hydrogen-bond donors (Lipinski definition) is 1. The first-order chi connectivity index (χ1) is 13.2. The topological polar surface area (TPSA) is 98.5 Å². The van der Waals surface area contributed by atoms with Gasteiger partial charge >= 0.3 is 0 Å². The number of carbonyl (C=O) groups excluding carboxylic acids is 1. The highest BCUT2D eigenvalue weighted by Crippen LogP contribution is 2.17. The third-order valence-corrected chi connectivity index (χ3v) is 3.89. The molecule has 0 aliphatic rings. The molecule has 0 bridgehead atoms. The second-order valence-corrected chi connectivity index (χ2v) is 5.79. The average Bonchev–Trinajstić information content (AvgIpc) is 3.10. The summed E-state index contributed by atoms with van der Waals surface area (Å²) in [6.45, 7) is 1.88. The molecule has 27 heavy (non-hydrogen) atoms. The zero-order chi connectivity index (χ0) is 18.6. The van der Waals surface area contributed by atoms with E-state index in [0.29, 0.717) is 11.5 Å². The lowest BCUT2D eigenvalue weighted by Gasteiger charge is -2.04. The first-order valence-electron chi connectivity index (χ1n) is 8.21. The minimum absolute atomic E-state index is 0.290. The van der Waals surface area contributed by atoms with Gasteiger partial charge in [-0.2, -0.15) is 0 Å². The Bertz CT molecular complexity index is 1060. The number of amides is 1. The largest absolute Gasteiger partial charge is 0.303 e. The van der Waals surface area contributed by atoms with Gasteiger partial charge in [-0.1, -0.05) is 0 Å². The zero-order valence-corrected chi connectivity index (χ0v) is 14.4. The lowest BCUT2D eigenvalue weighted by molar-refractivity contribution is 0.102. The number of pyridine rings is 2. The Labute approximate surface area is 155 Å². The number of hydrogen-bond acceptors (Lipinski definition) is 6. The van der Waals surface area contributed by atoms with Gasteiger partial charge in [0.1, 0.15) is 5.69 Å². The van der Waals surface area contributed by atoms with Crippen molar-refractivity contribution in [2.45, 2.75) is 6.92 Å². The average molecular weight is 357 g/mol. The first-order valence-corrected chi connectivity index (χ1v) is 8.21. The van der Waals surface area contributed by atoms with Crippen molar-refractivity contribution in [3.8, 4) is 16.9 Å². The standard InChI is InChI=1S/C19H15N7O/c1-13-12-26(15-3-2-6-20-10-15)25-18(13)24-19(27)16-5-4-14(9-23-16)17-11-21-7-8-22-17/h2-12H,1H3,(H,24,25,27). The molecule has 4 heterocycles. The van der Waals surface area contributed by atoms with Crippen molar-refractivity contribution in [1.82, 2.24) is 29.7 Å². The first kappa shape index (κ1) is 16.5. The summed E-state index contributed by atoms with van der Waals surface area (Å²) >= 11 is 0. The van der Waals surface area contributed by atoms with Gasteiger partial charge in [-0.05, 0) is 31.2 Å². The molecule has 132 valence electrons. The van der Waals surface area contributed by atoms with E-state index < -0.39 is 0 Å². The zero-order valence-electron chi connectivity index (χ0n) is 14.4. The molecule has 4 aromatic rings. The molecule has 4 aromatic heterocycles. The van der Waals surface area contributed by atoms with E-state index in [1.807, 2.05) is 25.3 Å². The van der Waals surface area contributed by atoms with Crippen LogP contribution in [0.2, 0.25) is 0 Å². The molecular weight excluding hydrogens is 342 g/mol. The van der Waals surface area contributed by atoms with E-state index in [2.05, 4.69) is 30.4 Å². The highest BCUT2D eigenvalue weighted by atomic mass is 16.2. The third kappa shape index (κ3) is 3.54. The van der Waals surface area contributed by atoms with Gasteiger partial charge in [0.15, 0.2) is 5.82 Å². The van der Waals surface area contributed by atoms with Crippen LogP contribution in [-0.2, 0) is 0 Å². The molecule has 0 fully saturated rings. The normalized spacial score (nSPS) is 10.6. The number of aromatic nitrogens is 6. The molecule has 0 saturated carbocycles. The van der Waals surface area contributed by atoms with Crippen molar-refractivity contribution in [1.29, 1.82) is 0 Å². The Kier molecular flexibility index (Phi) is 4.36. The summed E-state index contributed by atoms with van der Waals surface area (Å²) in [7, 11) is 0. The minimum Gasteiger partial charge on any atom is -0.303 e. The van der Waals surface area contributed by atoms with Crippen molar-refractivity contribution in [2.75, 3.05) is 5.32 Å². The van der Waals surface area contributed by atoms with E-state index in [4.69, 9.17) is 0 Å². The van der Waals surface area contributed by atoms with Crippen LogP contribution in [0.25, 0.3) is 16.9 Å². The highest BCUT2D eigenvalue weighted by molar-refractivity contribution is 6.02. The Morgan fingerprint density at radius 1 is 1.00 bits per heavy atom. The number of nitrogens with zero attached hydrogens (tertiary/aromatic N) is 6. The molecular formula is C19H15N7O. The van der Waals surface area contributed by atoms with Crippen LogP contribution in [0.4, 0.5) is 5.82 Å². The molecule has 0 aliphatic carbocycles. The maximum atomic E-state index is 12.5. The molecule has 8 heteroatoms. The van der Waals surface area contributed by atoms with Gasteiger partial charge in [-0.3, -0.25) is 24.7 Å². The maximum Gasteiger partial charge on any atom is 0.275 e. The van der Waals surface area contributed by atoms with Gasteiger partial charge in [0.25, 0.3) is 5.91 Å². The predicted octanol–water partition coefficient (Wildman–Crippen LogP) is 2.68. The van der Waals surface area contributed by atoms with Crippen LogP contribution in [0, 0.1) is 6.92 Å². The van der Waals surface area contributed by atoms with Gasteiger partial charge in [-0.15, -0.1) is 5.10 Å². The summed E-state index contributed by atoms with van der Waals surface area (Å²) in [5, 5.41) is 7.20. The van der Waals surface area contributed by atoms with Crippen LogP contribution in [0.3, 0.4) is 0 Å². The van der Waals surface area contributed by atoms with E-state index in [1.165, 1.54) is 0 Å². The van der Waals surface area contributed by atoms with Crippen molar-refractivity contribution in [3.05, 3.63) is 78.9 Å². The van der Waals surface area contributed by atoms with Gasteiger partial charge < -0.3 is 5.32 Å². The van der Waals surface area contributed by atoms with Crippen molar-refractivity contribution in [3.63, 3.8) is 0 Å². The molecule has 0 aromatic carbocycles. The van der Waals surface area contributed by atoms with Crippen molar-refractivity contribution < 1.29 is 4.79 Å². The van der Waals surface area contributed by atoms with Crippen LogP contribution in [0.5, 0.6) is 0 Å². The monoisotopic (exact) mass is 357 g/mol. The Balaban J connectivity index is 1.52. The fourth-order valence-corrected chi connectivity index (χ4v) is 2.50. The van der Waals surface area contributed by atoms with Crippen molar-refractivity contribution in [2.24, 2.45) is 0 Å². The summed E-state index contributed by atoms with van der Waals surface area (Å²) in [4.78, 5) is 29.0. The number of rotatable bonds is 4. The van der Waals surface area contributed by atoms with Crippen LogP contribution in [0.1, 0.15) is 16.1 Å². The van der Waals surface area contributed by atoms with Gasteiger partial charge in [0.2, 0.25) is 0 Å². The van der Waals surface area contributed by atoms with E-state index >= 15 is 0 Å². The summed E-state index contributed by atoms with van der Waals surface area (Å²) in [6, 6.07) is 7.14. The minimum atomic E-state index is -0.333. The molecule has 8 nitrogen and oxygen atoms in total. The molecule has 1 N–H and O–H groups in total. The second-order valence-electron chi connectivity index (χ2n) is 5.79. The molecule has 1 amide bonds. The quantitative estimate of drug-likeness (QED) is 0.603. The Morgan fingerprint density at radius 2 is 1.89 bits per heavy atom. The molecule has 0 radical (unpaired) electrons. The summed E-state index contributed by atoms with van der Waals surface area (Å²) in [5.74, 6) is 0.142. The second kappa shape index (κ2) is 7.12. The molecule has 0 atom stereocenters. The van der Waals surface area contributed by atoms with Crippen LogP contribution in [-0.4, -0.2) is 35.6 Å². The molecule has 4 rings (SSSR count). The van der Waals surface area contributed by atoms with Crippen LogP contribution >= 0.6 is 0 Å². The summed E-state index contributed by atoms with van der Waals surface area (Å²) in [5.41, 5.74) is 3.42. The molecule has 0 aliphatic heterocycles. The molecule has 0 spiro atoms. The number of aryl methyl sites for hydroxylation is 1. The lowest BCUT2D eigenvalue weighted by Crippen LogP contribution is -2.14. The van der Waals surface area contributed by atoms with Gasteiger partial charge in [0.05, 0.1) is 23.8 Å². The SMILES string of the molecule is Cc1cn(-c2cccnc2)nc1NC(=O)c1ccc(-c2cnccn2)cn1. The number of carbonyl (C=O) groups is 1. The maximum absolute atomic E-state index is 12.5. The number of nitrogens with one attached hydrogen (secondary N) is 1. The van der Waals surface area contributed by atoms with Crippen LogP contribution < -0.4 is 5.32 Å². The fraction of sp³-hybridized carbons (Fsp3) is 0.0526. The van der Waals surface area contributed by atoms with Crippen molar-refractivity contribution >= 4 is 11.7 Å². The smallest absolute Gasteiger partial charge is 0.275 e. The molecule has 0 saturated heterocycles. The van der Waals surface area contributed by atoms with Crippen LogP contribution in [0.15, 0.2) is 67.6 Å². The fourth-order valence-electron chi connectivity index (χ4n) is 2.50. The van der Waals surface area contributed by atoms with E-state index in [1.54, 1.807) is 54.0 Å². The summed E-state index contributed by atoms with van der Waals surface area (Å²) < 4.78 is 1.67. The van der Waals surface area contributed by atoms with E-state index in [9.17, 15) is 4.79 Å². The Morgan fingerprint density at radius 3 is 2.59 bits per heavy atom. The van der Waals surface area contributed by atoms with E-state index in [0.717, 1.165) is 16.8 Å². The highest BCUT2D eigenvalue weighted by Gasteiger charge is 2.13. The third-order valence-electron chi connectivity index (χ3n) is 3.89. The summed E-state index contributed by atoms with van der Waals surface area (Å²) in [6.07, 6.45) is 11.7. The molecule has 0 unspecified atom stereocenters. The van der Waals surface area contributed by atoms with Gasteiger partial charge in [-0.25, -0.2) is 4.68 Å². The number of anilines is 1. The predicted molar refractivity (Wildman–Crippen MR) is 99.3 cm³/mol. The van der Waals surface area contributed by atoms with Gasteiger partial charge in [0, 0.05) is 42.1 Å². The van der Waals surface area contributed by atoms with E-state index in [-0.39, 0.29) is 11.6 Å².